The van der Waals surface area contributed by atoms with Crippen LogP contribution in [0.25, 0.3) is 0 Å². The van der Waals surface area contributed by atoms with Gasteiger partial charge in [-0.2, -0.15) is 0 Å². The monoisotopic (exact) mass is 382 g/mol. The van der Waals surface area contributed by atoms with Gasteiger partial charge < -0.3 is 19.6 Å². The number of hydrogen-bond acceptors (Lipinski definition) is 5. The van der Waals surface area contributed by atoms with Gasteiger partial charge in [0.25, 0.3) is 0 Å². The van der Waals surface area contributed by atoms with Crippen molar-refractivity contribution in [2.24, 2.45) is 0 Å². The third-order valence-electron chi connectivity index (χ3n) is 5.69. The highest BCUT2D eigenvalue weighted by Gasteiger charge is 2.19. The summed E-state index contributed by atoms with van der Waals surface area (Å²) in [6.07, 6.45) is 7.71. The van der Waals surface area contributed by atoms with Crippen LogP contribution in [0.3, 0.4) is 0 Å². The van der Waals surface area contributed by atoms with Gasteiger partial charge in [0.2, 0.25) is 5.91 Å². The number of aromatic nitrogens is 1. The summed E-state index contributed by atoms with van der Waals surface area (Å²) in [5, 5.41) is 7.10. The first-order chi connectivity index (χ1) is 13.7. The Morgan fingerprint density at radius 2 is 1.68 bits per heavy atom. The Bertz CT molecular complexity index is 805. The standard InChI is InChI=1S/C22H30N4O2/c1-17-14-18(24-28-17)15-22(27)23-20-16-19(25-10-4-2-5-11-25)8-9-21(20)26-12-6-3-7-13-26/h8-9,14,16H,2-7,10-13,15H2,1H3,(H,23,27). The zero-order valence-electron chi connectivity index (χ0n) is 16.7. The largest absolute Gasteiger partial charge is 0.371 e. The number of anilines is 3. The van der Waals surface area contributed by atoms with Crippen molar-refractivity contribution in [1.29, 1.82) is 0 Å². The van der Waals surface area contributed by atoms with E-state index in [9.17, 15) is 4.79 Å². The fourth-order valence-electron chi connectivity index (χ4n) is 4.24. The normalized spacial score (nSPS) is 17.6. The summed E-state index contributed by atoms with van der Waals surface area (Å²) in [5.74, 6) is 0.672. The maximum Gasteiger partial charge on any atom is 0.230 e. The van der Waals surface area contributed by atoms with Gasteiger partial charge in [-0.3, -0.25) is 4.79 Å². The van der Waals surface area contributed by atoms with Gasteiger partial charge >= 0.3 is 0 Å². The summed E-state index contributed by atoms with van der Waals surface area (Å²) in [4.78, 5) is 17.5. The Morgan fingerprint density at radius 1 is 1.00 bits per heavy atom. The van der Waals surface area contributed by atoms with E-state index in [1.165, 1.54) is 44.2 Å². The minimum Gasteiger partial charge on any atom is -0.371 e. The summed E-state index contributed by atoms with van der Waals surface area (Å²) in [6.45, 7) is 6.12. The average molecular weight is 383 g/mol. The highest BCUT2D eigenvalue weighted by Crippen LogP contribution is 2.33. The molecule has 2 saturated heterocycles. The van der Waals surface area contributed by atoms with E-state index in [1.807, 2.05) is 13.0 Å². The lowest BCUT2D eigenvalue weighted by atomic mass is 10.1. The molecule has 2 aromatic rings. The second-order valence-corrected chi connectivity index (χ2v) is 7.95. The van der Waals surface area contributed by atoms with Gasteiger partial charge in [-0.1, -0.05) is 5.16 Å². The molecule has 6 nitrogen and oxygen atoms in total. The predicted molar refractivity (Wildman–Crippen MR) is 112 cm³/mol. The molecule has 0 spiro atoms. The number of nitrogens with one attached hydrogen (secondary N) is 1. The number of rotatable bonds is 5. The van der Waals surface area contributed by atoms with Gasteiger partial charge in [-0.05, 0) is 63.6 Å². The molecule has 0 atom stereocenters. The van der Waals surface area contributed by atoms with E-state index in [0.717, 1.165) is 43.3 Å². The number of benzene rings is 1. The van der Waals surface area contributed by atoms with E-state index in [0.29, 0.717) is 5.69 Å². The summed E-state index contributed by atoms with van der Waals surface area (Å²) in [7, 11) is 0. The fraction of sp³-hybridized carbons (Fsp3) is 0.545. The van der Waals surface area contributed by atoms with E-state index >= 15 is 0 Å². The Hall–Kier alpha value is -2.50. The van der Waals surface area contributed by atoms with Crippen LogP contribution in [0.5, 0.6) is 0 Å². The van der Waals surface area contributed by atoms with Crippen LogP contribution in [0.2, 0.25) is 0 Å². The number of carbonyl (C=O) groups excluding carboxylic acids is 1. The first-order valence-corrected chi connectivity index (χ1v) is 10.5. The van der Waals surface area contributed by atoms with Crippen LogP contribution < -0.4 is 15.1 Å². The van der Waals surface area contributed by atoms with Crippen LogP contribution in [-0.2, 0) is 11.2 Å². The highest BCUT2D eigenvalue weighted by molar-refractivity contribution is 5.96. The molecule has 0 unspecified atom stereocenters. The van der Waals surface area contributed by atoms with Crippen molar-refractivity contribution in [2.45, 2.75) is 51.9 Å². The molecule has 0 bridgehead atoms. The van der Waals surface area contributed by atoms with E-state index in [-0.39, 0.29) is 12.3 Å². The first-order valence-electron chi connectivity index (χ1n) is 10.5. The molecule has 0 saturated carbocycles. The quantitative estimate of drug-likeness (QED) is 0.842. The molecule has 0 radical (unpaired) electrons. The Kier molecular flexibility index (Phi) is 5.84. The van der Waals surface area contributed by atoms with Gasteiger partial charge in [-0.15, -0.1) is 0 Å². The zero-order valence-corrected chi connectivity index (χ0v) is 16.7. The topological polar surface area (TPSA) is 61.6 Å². The van der Waals surface area contributed by atoms with Crippen molar-refractivity contribution in [3.05, 3.63) is 35.7 Å². The lowest BCUT2D eigenvalue weighted by Gasteiger charge is -2.33. The molecule has 2 fully saturated rings. The Labute approximate surface area is 166 Å². The molecule has 1 aromatic heterocycles. The van der Waals surface area contributed by atoms with E-state index in [4.69, 9.17) is 4.52 Å². The lowest BCUT2D eigenvalue weighted by Crippen LogP contribution is -2.32. The highest BCUT2D eigenvalue weighted by atomic mass is 16.5. The minimum absolute atomic E-state index is 0.0534. The van der Waals surface area contributed by atoms with E-state index < -0.39 is 0 Å². The third kappa shape index (κ3) is 4.49. The van der Waals surface area contributed by atoms with Gasteiger partial charge in [0, 0.05) is 37.9 Å². The van der Waals surface area contributed by atoms with Crippen molar-refractivity contribution in [3.63, 3.8) is 0 Å². The summed E-state index contributed by atoms with van der Waals surface area (Å²) in [6, 6.07) is 8.37. The number of hydrogen-bond donors (Lipinski definition) is 1. The summed E-state index contributed by atoms with van der Waals surface area (Å²) < 4.78 is 5.09. The molecule has 2 aliphatic rings. The van der Waals surface area contributed by atoms with Crippen molar-refractivity contribution >= 4 is 23.0 Å². The maximum absolute atomic E-state index is 12.7. The van der Waals surface area contributed by atoms with Crippen LogP contribution in [-0.4, -0.2) is 37.2 Å². The van der Waals surface area contributed by atoms with Crippen LogP contribution in [0.1, 0.15) is 50.0 Å². The molecule has 1 N–H and O–H groups in total. The van der Waals surface area contributed by atoms with Crippen molar-refractivity contribution < 1.29 is 9.32 Å². The predicted octanol–water partition coefficient (Wildman–Crippen LogP) is 4.14. The van der Waals surface area contributed by atoms with Crippen molar-refractivity contribution in [2.75, 3.05) is 41.3 Å². The zero-order chi connectivity index (χ0) is 19.3. The molecule has 150 valence electrons. The molecule has 4 rings (SSSR count). The smallest absolute Gasteiger partial charge is 0.230 e. The molecule has 1 aromatic carbocycles. The number of nitrogens with zero attached hydrogens (tertiary/aromatic N) is 3. The van der Waals surface area contributed by atoms with Gasteiger partial charge in [0.05, 0.1) is 23.5 Å². The fourth-order valence-corrected chi connectivity index (χ4v) is 4.24. The Balaban J connectivity index is 1.56. The third-order valence-corrected chi connectivity index (χ3v) is 5.69. The second kappa shape index (κ2) is 8.67. The van der Waals surface area contributed by atoms with Crippen LogP contribution in [0.4, 0.5) is 17.1 Å². The summed E-state index contributed by atoms with van der Waals surface area (Å²) >= 11 is 0. The molecular weight excluding hydrogens is 352 g/mol. The minimum atomic E-state index is -0.0534. The molecule has 1 amide bonds. The first kappa shape index (κ1) is 18.8. The molecule has 6 heteroatoms. The van der Waals surface area contributed by atoms with Crippen molar-refractivity contribution in [1.82, 2.24) is 5.16 Å². The van der Waals surface area contributed by atoms with Crippen LogP contribution >= 0.6 is 0 Å². The molecule has 3 heterocycles. The maximum atomic E-state index is 12.7. The Morgan fingerprint density at radius 3 is 2.32 bits per heavy atom. The van der Waals surface area contributed by atoms with Crippen LogP contribution in [0, 0.1) is 6.92 Å². The second-order valence-electron chi connectivity index (χ2n) is 7.95. The van der Waals surface area contributed by atoms with Gasteiger partial charge in [-0.25, -0.2) is 0 Å². The molecular formula is C22H30N4O2. The van der Waals surface area contributed by atoms with Gasteiger partial charge in [0.15, 0.2) is 0 Å². The van der Waals surface area contributed by atoms with Crippen molar-refractivity contribution in [3.8, 4) is 0 Å². The molecule has 2 aliphatic heterocycles. The van der Waals surface area contributed by atoms with Gasteiger partial charge in [0.1, 0.15) is 5.76 Å². The number of piperidine rings is 2. The summed E-state index contributed by atoms with van der Waals surface area (Å²) in [5.41, 5.74) is 3.91. The van der Waals surface area contributed by atoms with E-state index in [1.54, 1.807) is 0 Å². The number of amides is 1. The molecule has 28 heavy (non-hydrogen) atoms. The number of carbonyl (C=O) groups is 1. The van der Waals surface area contributed by atoms with E-state index in [2.05, 4.69) is 38.5 Å². The SMILES string of the molecule is Cc1cc(CC(=O)Nc2cc(N3CCCCC3)ccc2N2CCCCC2)no1. The molecule has 0 aliphatic carbocycles. The number of aryl methyl sites for hydroxylation is 1. The van der Waals surface area contributed by atoms with Crippen LogP contribution in [0.15, 0.2) is 28.8 Å². The average Bonchev–Trinajstić information content (AvgIpc) is 3.13. The lowest BCUT2D eigenvalue weighted by molar-refractivity contribution is -0.115.